The molecule has 1 fully saturated rings. The van der Waals surface area contributed by atoms with E-state index in [-0.39, 0.29) is 25.1 Å². The van der Waals surface area contributed by atoms with Gasteiger partial charge in [0, 0.05) is 47.7 Å². The third-order valence-corrected chi connectivity index (χ3v) is 6.64. The minimum atomic E-state index is -4.59. The van der Waals surface area contributed by atoms with Crippen LogP contribution < -0.4 is 15.0 Å². The van der Waals surface area contributed by atoms with Gasteiger partial charge in [0.15, 0.2) is 12.1 Å². The van der Waals surface area contributed by atoms with Gasteiger partial charge in [-0.3, -0.25) is 9.78 Å². The average molecular weight is 662 g/mol. The van der Waals surface area contributed by atoms with E-state index in [9.17, 15) is 26.7 Å². The number of methoxy groups -OCH3 is 1. The molecule has 0 radical (unpaired) electrons. The van der Waals surface area contributed by atoms with E-state index in [0.717, 1.165) is 45.7 Å². The molecule has 0 saturated carbocycles. The van der Waals surface area contributed by atoms with Crippen LogP contribution in [-0.4, -0.2) is 73.9 Å². The van der Waals surface area contributed by atoms with E-state index in [4.69, 9.17) is 9.47 Å². The van der Waals surface area contributed by atoms with Gasteiger partial charge in [0.25, 0.3) is 0 Å². The van der Waals surface area contributed by atoms with E-state index in [2.05, 4.69) is 45.9 Å². The van der Waals surface area contributed by atoms with E-state index in [1.54, 1.807) is 13.3 Å². The fraction of sp³-hybridized carbons (Fsp3) is 0.353. The summed E-state index contributed by atoms with van der Waals surface area (Å²) in [6.07, 6.45) is -0.996. The first-order valence-corrected chi connectivity index (χ1v) is 14.8. The third kappa shape index (κ3) is 10.5. The molecule has 13 heteroatoms. The summed E-state index contributed by atoms with van der Waals surface area (Å²) >= 11 is 0. The zero-order valence-electron chi connectivity index (χ0n) is 27.3. The third-order valence-electron chi connectivity index (χ3n) is 6.64. The molecular formula is C34H40F5N5O3. The summed E-state index contributed by atoms with van der Waals surface area (Å²) in [6, 6.07) is 9.36. The molecule has 47 heavy (non-hydrogen) atoms. The molecule has 0 aliphatic carbocycles. The fourth-order valence-electron chi connectivity index (χ4n) is 4.44. The lowest BCUT2D eigenvalue weighted by Gasteiger charge is -2.38. The zero-order valence-corrected chi connectivity index (χ0v) is 27.3. The molecule has 4 aromatic rings. The van der Waals surface area contributed by atoms with Crippen LogP contribution in [-0.2, 0) is 4.74 Å². The molecule has 254 valence electrons. The van der Waals surface area contributed by atoms with E-state index in [1.807, 2.05) is 52.1 Å². The monoisotopic (exact) mass is 661 g/mol. The van der Waals surface area contributed by atoms with Gasteiger partial charge in [-0.15, -0.1) is 6.58 Å². The summed E-state index contributed by atoms with van der Waals surface area (Å²) in [5, 5.41) is 4.02. The van der Waals surface area contributed by atoms with Gasteiger partial charge in [0.2, 0.25) is 5.88 Å². The number of halogens is 5. The second-order valence-electron chi connectivity index (χ2n) is 9.82. The quantitative estimate of drug-likeness (QED) is 0.131. The maximum Gasteiger partial charge on any atom is 0.411 e. The molecule has 1 saturated heterocycles. The van der Waals surface area contributed by atoms with Gasteiger partial charge in [0.1, 0.15) is 17.7 Å². The molecule has 0 bridgehead atoms. The maximum atomic E-state index is 13.5. The second-order valence-corrected chi connectivity index (χ2v) is 9.82. The molecule has 1 unspecified atom stereocenters. The summed E-state index contributed by atoms with van der Waals surface area (Å²) in [5.41, 5.74) is 2.84. The van der Waals surface area contributed by atoms with Crippen LogP contribution in [0.25, 0.3) is 22.3 Å². The highest BCUT2D eigenvalue weighted by atomic mass is 19.4. The number of carbonyl (C=O) groups excluding carboxylic acids is 1. The summed E-state index contributed by atoms with van der Waals surface area (Å²) in [4.78, 5) is 24.7. The lowest BCUT2D eigenvalue weighted by Crippen LogP contribution is -2.53. The molecule has 5 rings (SSSR count). The van der Waals surface area contributed by atoms with Crippen LogP contribution in [0.5, 0.6) is 5.88 Å². The molecule has 0 spiro atoms. The van der Waals surface area contributed by atoms with E-state index in [0.29, 0.717) is 11.7 Å². The number of hydrogen-bond donors (Lipinski definition) is 1. The minimum Gasteiger partial charge on any atom is -0.481 e. The van der Waals surface area contributed by atoms with Crippen molar-refractivity contribution in [1.82, 2.24) is 20.3 Å². The molecular weight excluding hydrogens is 621 g/mol. The van der Waals surface area contributed by atoms with E-state index < -0.39 is 36.0 Å². The lowest BCUT2D eigenvalue weighted by atomic mass is 10.0. The Balaban J connectivity index is 0.000000274. The number of ether oxygens (including phenoxy) is 2. The van der Waals surface area contributed by atoms with Crippen LogP contribution >= 0.6 is 0 Å². The first kappa shape index (κ1) is 38.7. The molecule has 8 nitrogen and oxygen atoms in total. The Morgan fingerprint density at radius 3 is 2.34 bits per heavy atom. The second kappa shape index (κ2) is 18.6. The van der Waals surface area contributed by atoms with Gasteiger partial charge in [0.05, 0.1) is 31.4 Å². The van der Waals surface area contributed by atoms with Crippen molar-refractivity contribution < 1.29 is 36.2 Å². The van der Waals surface area contributed by atoms with E-state index in [1.165, 1.54) is 5.56 Å². The van der Waals surface area contributed by atoms with Crippen molar-refractivity contribution in [3.8, 4) is 17.3 Å². The van der Waals surface area contributed by atoms with Crippen LogP contribution in [0.3, 0.4) is 0 Å². The number of likely N-dealkylation sites (N-methyl/N-ethyl adjacent to an activating group) is 1. The van der Waals surface area contributed by atoms with E-state index >= 15 is 0 Å². The molecule has 3 heterocycles. The van der Waals surface area contributed by atoms with Crippen LogP contribution in [0.15, 0.2) is 61.3 Å². The number of carbonyl (C=O) groups is 1. The number of nitrogens with zero attached hydrogens (tertiary/aromatic N) is 4. The van der Waals surface area contributed by atoms with Crippen LogP contribution in [0.1, 0.15) is 35.5 Å². The predicted molar refractivity (Wildman–Crippen MR) is 174 cm³/mol. The molecule has 1 aliphatic rings. The summed E-state index contributed by atoms with van der Waals surface area (Å²) in [7, 11) is 3.50. The van der Waals surface area contributed by atoms with Crippen LogP contribution in [0.4, 0.5) is 27.6 Å². The van der Waals surface area contributed by atoms with Crippen LogP contribution in [0, 0.1) is 25.5 Å². The zero-order chi connectivity index (χ0) is 35.1. The number of alkyl halides is 3. The minimum absolute atomic E-state index is 0.0188. The SMILES string of the molecule is C=CCNC.CC.COc1cc(C)nc(-c2ccc(C)c3cccnc23)n1.O=Cc1c(F)cc(N2CCOCC2C(F)(F)F)cc1F. The Morgan fingerprint density at radius 1 is 1.11 bits per heavy atom. The first-order valence-electron chi connectivity index (χ1n) is 14.8. The number of aryl methyl sites for hydroxylation is 2. The molecule has 0 amide bonds. The van der Waals surface area contributed by atoms with Crippen LogP contribution in [0.2, 0.25) is 0 Å². The number of nitrogens with one attached hydrogen (secondary N) is 1. The summed E-state index contributed by atoms with van der Waals surface area (Å²) in [5.74, 6) is -1.17. The number of morpholine rings is 1. The van der Waals surface area contributed by atoms with Gasteiger partial charge in [-0.2, -0.15) is 18.2 Å². The number of aromatic nitrogens is 3. The summed E-state index contributed by atoms with van der Waals surface area (Å²) < 4.78 is 75.5. The van der Waals surface area contributed by atoms with Crippen molar-refractivity contribution in [2.75, 3.05) is 45.4 Å². The first-order chi connectivity index (χ1) is 22.4. The van der Waals surface area contributed by atoms with Crippen molar-refractivity contribution in [2.45, 2.75) is 39.9 Å². The number of rotatable bonds is 6. The Bertz CT molecular complexity index is 1590. The Labute approximate surface area is 271 Å². The van der Waals surface area contributed by atoms with Crippen molar-refractivity contribution in [2.24, 2.45) is 0 Å². The Hall–Kier alpha value is -4.49. The lowest BCUT2D eigenvalue weighted by molar-refractivity contribution is -0.167. The Morgan fingerprint density at radius 2 is 1.79 bits per heavy atom. The number of aldehydes is 1. The van der Waals surface area contributed by atoms with Crippen molar-refractivity contribution in [3.63, 3.8) is 0 Å². The van der Waals surface area contributed by atoms with Gasteiger partial charge in [-0.1, -0.05) is 32.1 Å². The standard InChI is InChI=1S/C16H15N3O.C12H10F5NO2.C4H9N.C2H6/c1-10-6-7-13(15-12(10)5-4-8-17-15)16-18-11(2)9-14(19-16)20-3;13-9-3-7(4-10(14)8(9)5-19)18-1-2-20-6-11(18)12(15,16)17;1-3-4-5-2;1-2/h4-9H,1-3H3;3-5,11H,1-2,6H2;3,5H,1,4H2,2H3;1-2H3. The van der Waals surface area contributed by atoms with Gasteiger partial charge in [-0.25, -0.2) is 13.8 Å². The van der Waals surface area contributed by atoms with Crippen molar-refractivity contribution >= 4 is 22.9 Å². The van der Waals surface area contributed by atoms with Crippen molar-refractivity contribution in [1.29, 1.82) is 0 Å². The number of anilines is 1. The maximum absolute atomic E-state index is 13.5. The van der Waals surface area contributed by atoms with Crippen molar-refractivity contribution in [3.05, 3.63) is 89.8 Å². The van der Waals surface area contributed by atoms with Gasteiger partial charge >= 0.3 is 6.18 Å². The smallest absolute Gasteiger partial charge is 0.411 e. The van der Waals surface area contributed by atoms with Gasteiger partial charge < -0.3 is 19.7 Å². The van der Waals surface area contributed by atoms with Gasteiger partial charge in [-0.05, 0) is 50.7 Å². The number of hydrogen-bond acceptors (Lipinski definition) is 8. The fourth-order valence-corrected chi connectivity index (χ4v) is 4.44. The molecule has 2 aromatic carbocycles. The predicted octanol–water partition coefficient (Wildman–Crippen LogP) is 7.28. The average Bonchev–Trinajstić information content (AvgIpc) is 3.06. The highest BCUT2D eigenvalue weighted by molar-refractivity contribution is 5.93. The highest BCUT2D eigenvalue weighted by Crippen LogP contribution is 2.32. The largest absolute Gasteiger partial charge is 0.481 e. The topological polar surface area (TPSA) is 89.5 Å². The summed E-state index contributed by atoms with van der Waals surface area (Å²) in [6.45, 7) is 11.7. The Kier molecular flexibility index (Phi) is 15.3. The molecule has 1 N–H and O–H groups in total. The highest BCUT2D eigenvalue weighted by Gasteiger charge is 2.45. The number of fused-ring (bicyclic) bond motifs is 1. The molecule has 1 atom stereocenters. The normalized spacial score (nSPS) is 14.0. The molecule has 2 aromatic heterocycles. The number of pyridine rings is 1. The molecule has 1 aliphatic heterocycles. The number of benzene rings is 2.